The van der Waals surface area contributed by atoms with E-state index >= 15 is 0 Å². The predicted octanol–water partition coefficient (Wildman–Crippen LogP) is 4.34. The number of rotatable bonds is 7. The van der Waals surface area contributed by atoms with Gasteiger partial charge in [0.1, 0.15) is 5.82 Å². The van der Waals surface area contributed by atoms with Gasteiger partial charge in [-0.1, -0.05) is 25.0 Å². The van der Waals surface area contributed by atoms with E-state index in [1.54, 1.807) is 12.1 Å². The molecule has 1 aliphatic carbocycles. The van der Waals surface area contributed by atoms with Crippen molar-refractivity contribution in [1.82, 2.24) is 10.2 Å². The number of nitrogens with one attached hydrogen (secondary N) is 1. The monoisotopic (exact) mass is 382 g/mol. The zero-order valence-corrected chi connectivity index (χ0v) is 16.4. The minimum Gasteiger partial charge on any atom is -0.339 e. The van der Waals surface area contributed by atoms with Gasteiger partial charge in [-0.3, -0.25) is 4.79 Å². The highest BCUT2D eigenvalue weighted by molar-refractivity contribution is 5.85. The van der Waals surface area contributed by atoms with Gasteiger partial charge in [0.2, 0.25) is 5.91 Å². The summed E-state index contributed by atoms with van der Waals surface area (Å²) >= 11 is 0. The summed E-state index contributed by atoms with van der Waals surface area (Å²) in [7, 11) is 0. The van der Waals surface area contributed by atoms with Gasteiger partial charge in [0.25, 0.3) is 0 Å². The fourth-order valence-electron chi connectivity index (χ4n) is 4.31. The Morgan fingerprint density at radius 2 is 1.88 bits per heavy atom. The summed E-state index contributed by atoms with van der Waals surface area (Å²) in [6, 6.07) is 7.17. The summed E-state index contributed by atoms with van der Waals surface area (Å²) in [6.07, 6.45) is 9.53. The number of nitrogens with zero attached hydrogens (tertiary/aromatic N) is 1. The summed E-state index contributed by atoms with van der Waals surface area (Å²) < 4.78 is 13.4. The Balaban J connectivity index is 0.00000243. The Morgan fingerprint density at radius 1 is 1.15 bits per heavy atom. The van der Waals surface area contributed by atoms with Crippen molar-refractivity contribution in [3.8, 4) is 0 Å². The Kier molecular flexibility index (Phi) is 8.86. The number of benzene rings is 1. The molecule has 0 atom stereocenters. The van der Waals surface area contributed by atoms with Gasteiger partial charge in [0, 0.05) is 19.0 Å². The third kappa shape index (κ3) is 6.24. The molecule has 1 aromatic rings. The lowest BCUT2D eigenvalue weighted by atomic mass is 9.93. The normalized spacial score (nSPS) is 18.5. The lowest BCUT2D eigenvalue weighted by Crippen LogP contribution is -2.40. The molecule has 1 N–H and O–H groups in total. The van der Waals surface area contributed by atoms with E-state index in [1.807, 2.05) is 6.07 Å². The number of halogens is 2. The number of hydrogen-bond acceptors (Lipinski definition) is 2. The van der Waals surface area contributed by atoms with Crippen molar-refractivity contribution in [1.29, 1.82) is 0 Å². The van der Waals surface area contributed by atoms with Gasteiger partial charge in [0.15, 0.2) is 0 Å². The van der Waals surface area contributed by atoms with Crippen LogP contribution in [0.15, 0.2) is 24.3 Å². The Hall–Kier alpha value is -1.13. The van der Waals surface area contributed by atoms with E-state index in [2.05, 4.69) is 10.2 Å². The van der Waals surface area contributed by atoms with Crippen LogP contribution in [-0.2, 0) is 11.2 Å². The first-order valence-electron chi connectivity index (χ1n) is 9.97. The molecule has 1 heterocycles. The first-order valence-corrected chi connectivity index (χ1v) is 9.97. The zero-order chi connectivity index (χ0) is 17.5. The van der Waals surface area contributed by atoms with Gasteiger partial charge >= 0.3 is 0 Å². The van der Waals surface area contributed by atoms with Crippen molar-refractivity contribution in [3.05, 3.63) is 35.6 Å². The van der Waals surface area contributed by atoms with Crippen molar-refractivity contribution in [2.24, 2.45) is 5.92 Å². The Morgan fingerprint density at radius 3 is 2.58 bits per heavy atom. The van der Waals surface area contributed by atoms with E-state index in [0.717, 1.165) is 50.9 Å². The predicted molar refractivity (Wildman–Crippen MR) is 106 cm³/mol. The number of carbonyl (C=O) groups excluding carboxylic acids is 1. The second-order valence-electron chi connectivity index (χ2n) is 7.64. The van der Waals surface area contributed by atoms with Crippen LogP contribution in [-0.4, -0.2) is 36.5 Å². The molecular weight excluding hydrogens is 351 g/mol. The molecule has 0 radical (unpaired) electrons. The van der Waals surface area contributed by atoms with E-state index in [9.17, 15) is 9.18 Å². The summed E-state index contributed by atoms with van der Waals surface area (Å²) in [5.74, 6) is 0.808. The molecule has 0 spiro atoms. The maximum Gasteiger partial charge on any atom is 0.222 e. The lowest BCUT2D eigenvalue weighted by Gasteiger charge is -2.30. The topological polar surface area (TPSA) is 32.3 Å². The van der Waals surface area contributed by atoms with Crippen LogP contribution in [0.5, 0.6) is 0 Å². The van der Waals surface area contributed by atoms with Crippen LogP contribution in [0.4, 0.5) is 4.39 Å². The zero-order valence-electron chi connectivity index (χ0n) is 15.6. The van der Waals surface area contributed by atoms with E-state index in [1.165, 1.54) is 31.7 Å². The molecule has 26 heavy (non-hydrogen) atoms. The van der Waals surface area contributed by atoms with Crippen molar-refractivity contribution in [3.63, 3.8) is 0 Å². The minimum atomic E-state index is -0.192. The average molecular weight is 383 g/mol. The largest absolute Gasteiger partial charge is 0.339 e. The van der Waals surface area contributed by atoms with Crippen LogP contribution in [0, 0.1) is 11.7 Å². The third-order valence-electron chi connectivity index (χ3n) is 5.84. The maximum absolute atomic E-state index is 13.4. The molecule has 1 saturated carbocycles. The molecule has 0 bridgehead atoms. The van der Waals surface area contributed by atoms with E-state index in [0.29, 0.717) is 24.3 Å². The third-order valence-corrected chi connectivity index (χ3v) is 5.84. The first-order chi connectivity index (χ1) is 12.2. The number of carbonyl (C=O) groups is 1. The highest BCUT2D eigenvalue weighted by atomic mass is 35.5. The second-order valence-corrected chi connectivity index (χ2v) is 7.64. The highest BCUT2D eigenvalue weighted by Crippen LogP contribution is 2.26. The van der Waals surface area contributed by atoms with E-state index < -0.39 is 0 Å². The van der Waals surface area contributed by atoms with Gasteiger partial charge in [-0.25, -0.2) is 4.39 Å². The molecule has 3 rings (SSSR count). The molecule has 2 fully saturated rings. The van der Waals surface area contributed by atoms with Gasteiger partial charge in [-0.05, 0) is 75.2 Å². The quantitative estimate of drug-likeness (QED) is 0.760. The van der Waals surface area contributed by atoms with Gasteiger partial charge in [-0.2, -0.15) is 0 Å². The van der Waals surface area contributed by atoms with Gasteiger partial charge in [-0.15, -0.1) is 12.4 Å². The standard InChI is InChI=1S/C21H31FN2O.ClH/c22-19-5-3-4-18(16-19)12-15-24(20-6-1-2-7-20)21(25)9-8-17-10-13-23-14-11-17;/h3-5,16-17,20,23H,1-2,6-15H2;1H. The molecule has 2 aliphatic rings. The summed E-state index contributed by atoms with van der Waals surface area (Å²) in [4.78, 5) is 15.0. The SMILES string of the molecule is Cl.O=C(CCC1CCNCC1)N(CCc1cccc(F)c1)C1CCCC1. The molecule has 1 aromatic carbocycles. The van der Waals surface area contributed by atoms with Crippen molar-refractivity contribution >= 4 is 18.3 Å². The molecule has 3 nitrogen and oxygen atoms in total. The number of amides is 1. The van der Waals surface area contributed by atoms with Crippen molar-refractivity contribution < 1.29 is 9.18 Å². The number of piperidine rings is 1. The lowest BCUT2D eigenvalue weighted by molar-refractivity contribution is -0.133. The highest BCUT2D eigenvalue weighted by Gasteiger charge is 2.27. The Bertz CT molecular complexity index is 557. The smallest absolute Gasteiger partial charge is 0.222 e. The average Bonchev–Trinajstić information content (AvgIpc) is 3.15. The second kappa shape index (κ2) is 10.9. The minimum absolute atomic E-state index is 0. The van der Waals surface area contributed by atoms with Crippen molar-refractivity contribution in [2.45, 2.75) is 63.8 Å². The van der Waals surface area contributed by atoms with Crippen molar-refractivity contribution in [2.75, 3.05) is 19.6 Å². The van der Waals surface area contributed by atoms with Crippen LogP contribution in [0.3, 0.4) is 0 Å². The van der Waals surface area contributed by atoms with Crippen LogP contribution in [0.1, 0.15) is 56.9 Å². The number of hydrogen-bond donors (Lipinski definition) is 1. The molecule has 146 valence electrons. The fraction of sp³-hybridized carbons (Fsp3) is 0.667. The summed E-state index contributed by atoms with van der Waals surface area (Å²) in [5, 5.41) is 3.39. The molecular formula is C21H32ClFN2O. The Labute approximate surface area is 163 Å². The van der Waals surface area contributed by atoms with Crippen LogP contribution in [0.25, 0.3) is 0 Å². The summed E-state index contributed by atoms with van der Waals surface area (Å²) in [5.41, 5.74) is 0.981. The van der Waals surface area contributed by atoms with Gasteiger partial charge < -0.3 is 10.2 Å². The maximum atomic E-state index is 13.4. The fourth-order valence-corrected chi connectivity index (χ4v) is 4.31. The van der Waals surface area contributed by atoms with Crippen LogP contribution in [0.2, 0.25) is 0 Å². The molecule has 0 aromatic heterocycles. The molecule has 1 amide bonds. The van der Waals surface area contributed by atoms with E-state index in [4.69, 9.17) is 0 Å². The van der Waals surface area contributed by atoms with Gasteiger partial charge in [0.05, 0.1) is 0 Å². The molecule has 1 saturated heterocycles. The van der Waals surface area contributed by atoms with Crippen LogP contribution >= 0.6 is 12.4 Å². The van der Waals surface area contributed by atoms with Crippen LogP contribution < -0.4 is 5.32 Å². The molecule has 5 heteroatoms. The summed E-state index contributed by atoms with van der Waals surface area (Å²) in [6.45, 7) is 2.90. The molecule has 1 aliphatic heterocycles. The first kappa shape index (κ1) is 21.2. The molecule has 0 unspecified atom stereocenters. The van der Waals surface area contributed by atoms with E-state index in [-0.39, 0.29) is 18.2 Å².